The van der Waals surface area contributed by atoms with Gasteiger partial charge in [0.1, 0.15) is 5.82 Å². The van der Waals surface area contributed by atoms with Crippen molar-refractivity contribution in [2.75, 3.05) is 10.6 Å². The van der Waals surface area contributed by atoms with E-state index in [0.717, 1.165) is 0 Å². The summed E-state index contributed by atoms with van der Waals surface area (Å²) in [6.07, 6.45) is 1.59. The van der Waals surface area contributed by atoms with Gasteiger partial charge >= 0.3 is 6.03 Å². The number of urea groups is 1. The van der Waals surface area contributed by atoms with Crippen molar-refractivity contribution in [3.05, 3.63) is 52.6 Å². The van der Waals surface area contributed by atoms with Crippen LogP contribution in [0.15, 0.2) is 42.6 Å². The molecule has 2 rings (SSSR count). The van der Waals surface area contributed by atoms with Crippen molar-refractivity contribution in [1.29, 1.82) is 0 Å². The summed E-state index contributed by atoms with van der Waals surface area (Å²) in [5.74, 6) is 0.461. The number of rotatable bonds is 2. The molecule has 2 amide bonds. The van der Waals surface area contributed by atoms with Gasteiger partial charge in [0, 0.05) is 21.9 Å². The number of halogens is 2. The predicted octanol–water partition coefficient (Wildman–Crippen LogP) is 4.03. The lowest BCUT2D eigenvalue weighted by Crippen LogP contribution is -2.19. The lowest BCUT2D eigenvalue weighted by atomic mass is 10.3. The summed E-state index contributed by atoms with van der Waals surface area (Å²) < 4.78 is 0. The van der Waals surface area contributed by atoms with Crippen molar-refractivity contribution in [3.8, 4) is 0 Å². The van der Waals surface area contributed by atoms with Crippen LogP contribution in [0.5, 0.6) is 0 Å². The summed E-state index contributed by atoms with van der Waals surface area (Å²) in [6.45, 7) is 0. The van der Waals surface area contributed by atoms with E-state index < -0.39 is 6.03 Å². The Morgan fingerprint density at radius 2 is 1.78 bits per heavy atom. The van der Waals surface area contributed by atoms with Gasteiger partial charge in [0.15, 0.2) is 0 Å². The summed E-state index contributed by atoms with van der Waals surface area (Å²) in [7, 11) is 0. The third-order valence-electron chi connectivity index (χ3n) is 2.03. The molecule has 0 saturated heterocycles. The molecule has 0 aliphatic rings. The number of nitrogens with one attached hydrogen (secondary N) is 2. The summed E-state index contributed by atoms with van der Waals surface area (Å²) >= 11 is 11.7. The monoisotopic (exact) mass is 281 g/mol. The quantitative estimate of drug-likeness (QED) is 0.873. The molecule has 18 heavy (non-hydrogen) atoms. The number of anilines is 2. The first-order chi connectivity index (χ1) is 8.63. The first-order valence-electron chi connectivity index (χ1n) is 5.08. The second kappa shape index (κ2) is 5.71. The van der Waals surface area contributed by atoms with Crippen molar-refractivity contribution in [2.45, 2.75) is 0 Å². The molecule has 92 valence electrons. The van der Waals surface area contributed by atoms with Gasteiger partial charge in [0.05, 0.1) is 0 Å². The maximum absolute atomic E-state index is 11.7. The Kier molecular flexibility index (Phi) is 4.02. The largest absolute Gasteiger partial charge is 0.324 e. The lowest BCUT2D eigenvalue weighted by Gasteiger charge is -2.07. The third kappa shape index (κ3) is 3.61. The average molecular weight is 282 g/mol. The molecule has 1 aromatic heterocycles. The van der Waals surface area contributed by atoms with Crippen molar-refractivity contribution >= 4 is 40.7 Å². The number of amides is 2. The van der Waals surface area contributed by atoms with Crippen LogP contribution in [0, 0.1) is 0 Å². The van der Waals surface area contributed by atoms with Gasteiger partial charge in [-0.2, -0.15) is 0 Å². The first kappa shape index (κ1) is 12.7. The highest BCUT2D eigenvalue weighted by atomic mass is 35.5. The molecule has 1 heterocycles. The predicted molar refractivity (Wildman–Crippen MR) is 73.3 cm³/mol. The molecule has 0 radical (unpaired) electrons. The highest BCUT2D eigenvalue weighted by molar-refractivity contribution is 6.35. The van der Waals surface area contributed by atoms with Gasteiger partial charge in [0.25, 0.3) is 0 Å². The van der Waals surface area contributed by atoms with Gasteiger partial charge in [-0.05, 0) is 30.3 Å². The normalized spacial score (nSPS) is 9.89. The Balaban J connectivity index is 2.03. The second-order valence-corrected chi connectivity index (χ2v) is 4.33. The van der Waals surface area contributed by atoms with Gasteiger partial charge in [-0.3, -0.25) is 5.32 Å². The van der Waals surface area contributed by atoms with E-state index in [-0.39, 0.29) is 0 Å². The molecule has 4 nitrogen and oxygen atoms in total. The molecule has 0 aliphatic carbocycles. The van der Waals surface area contributed by atoms with Crippen LogP contribution in [-0.4, -0.2) is 11.0 Å². The number of nitrogens with zero attached hydrogens (tertiary/aromatic N) is 1. The Labute approximate surface area is 114 Å². The number of carbonyl (C=O) groups excluding carboxylic acids is 1. The molecular weight excluding hydrogens is 273 g/mol. The lowest BCUT2D eigenvalue weighted by molar-refractivity contribution is 0.262. The van der Waals surface area contributed by atoms with Crippen LogP contribution in [0.1, 0.15) is 0 Å². The van der Waals surface area contributed by atoms with Crippen molar-refractivity contribution in [2.24, 2.45) is 0 Å². The van der Waals surface area contributed by atoms with Crippen molar-refractivity contribution < 1.29 is 4.79 Å². The van der Waals surface area contributed by atoms with E-state index in [1.165, 1.54) is 0 Å². The van der Waals surface area contributed by atoms with E-state index in [0.29, 0.717) is 21.6 Å². The zero-order valence-corrected chi connectivity index (χ0v) is 10.7. The molecule has 0 aliphatic heterocycles. The molecule has 0 unspecified atom stereocenters. The van der Waals surface area contributed by atoms with Crippen LogP contribution in [-0.2, 0) is 0 Å². The zero-order chi connectivity index (χ0) is 13.0. The van der Waals surface area contributed by atoms with Gasteiger partial charge in [0.2, 0.25) is 0 Å². The number of hydrogen-bond donors (Lipinski definition) is 2. The van der Waals surface area contributed by atoms with Crippen LogP contribution >= 0.6 is 23.2 Å². The van der Waals surface area contributed by atoms with Crippen LogP contribution < -0.4 is 10.6 Å². The second-order valence-electron chi connectivity index (χ2n) is 3.45. The fourth-order valence-electron chi connectivity index (χ4n) is 1.34. The number of benzene rings is 1. The van der Waals surface area contributed by atoms with Crippen LogP contribution in [0.4, 0.5) is 16.3 Å². The van der Waals surface area contributed by atoms with E-state index >= 15 is 0 Å². The van der Waals surface area contributed by atoms with E-state index in [1.807, 2.05) is 0 Å². The van der Waals surface area contributed by atoms with E-state index in [1.54, 1.807) is 42.6 Å². The number of carbonyl (C=O) groups is 1. The Bertz CT molecular complexity index is 540. The van der Waals surface area contributed by atoms with Gasteiger partial charge < -0.3 is 5.32 Å². The molecule has 1 aromatic carbocycles. The van der Waals surface area contributed by atoms with Gasteiger partial charge in [-0.15, -0.1) is 0 Å². The highest BCUT2D eigenvalue weighted by Gasteiger charge is 2.04. The Morgan fingerprint density at radius 3 is 2.39 bits per heavy atom. The fourth-order valence-corrected chi connectivity index (χ4v) is 1.87. The van der Waals surface area contributed by atoms with Crippen molar-refractivity contribution in [1.82, 2.24) is 4.98 Å². The Morgan fingerprint density at radius 1 is 1.06 bits per heavy atom. The molecule has 0 fully saturated rings. The molecule has 2 aromatic rings. The SMILES string of the molecule is O=C(Nc1cc(Cl)cc(Cl)c1)Nc1ccccn1. The third-order valence-corrected chi connectivity index (χ3v) is 2.46. The molecular formula is C12H9Cl2N3O. The highest BCUT2D eigenvalue weighted by Crippen LogP contribution is 2.22. The maximum Gasteiger partial charge on any atom is 0.324 e. The summed E-state index contributed by atoms with van der Waals surface area (Å²) in [5.41, 5.74) is 0.515. The minimum absolute atomic E-state index is 0.410. The average Bonchev–Trinajstić information content (AvgIpc) is 2.28. The molecule has 0 spiro atoms. The smallest absolute Gasteiger partial charge is 0.308 e. The first-order valence-corrected chi connectivity index (χ1v) is 5.84. The van der Waals surface area contributed by atoms with E-state index in [4.69, 9.17) is 23.2 Å². The topological polar surface area (TPSA) is 54.0 Å². The van der Waals surface area contributed by atoms with E-state index in [9.17, 15) is 4.79 Å². The number of aromatic nitrogens is 1. The molecule has 6 heteroatoms. The Hall–Kier alpha value is -1.78. The minimum Gasteiger partial charge on any atom is -0.308 e. The fraction of sp³-hybridized carbons (Fsp3) is 0. The van der Waals surface area contributed by atoms with Crippen molar-refractivity contribution in [3.63, 3.8) is 0 Å². The zero-order valence-electron chi connectivity index (χ0n) is 9.15. The van der Waals surface area contributed by atoms with Gasteiger partial charge in [-0.25, -0.2) is 9.78 Å². The number of pyridine rings is 1. The van der Waals surface area contributed by atoms with Crippen LogP contribution in [0.25, 0.3) is 0 Å². The van der Waals surface area contributed by atoms with Gasteiger partial charge in [-0.1, -0.05) is 29.3 Å². The number of hydrogen-bond acceptors (Lipinski definition) is 2. The maximum atomic E-state index is 11.7. The molecule has 0 saturated carbocycles. The summed E-state index contributed by atoms with van der Waals surface area (Å²) in [5, 5.41) is 6.10. The summed E-state index contributed by atoms with van der Waals surface area (Å²) in [6, 6.07) is 9.61. The molecule has 2 N–H and O–H groups in total. The van der Waals surface area contributed by atoms with Crippen LogP contribution in [0.2, 0.25) is 10.0 Å². The summed E-state index contributed by atoms with van der Waals surface area (Å²) in [4.78, 5) is 15.6. The molecule has 0 bridgehead atoms. The van der Waals surface area contributed by atoms with E-state index in [2.05, 4.69) is 15.6 Å². The minimum atomic E-state index is -0.410. The standard InChI is InChI=1S/C12H9Cl2N3O/c13-8-5-9(14)7-10(6-8)16-12(18)17-11-3-1-2-4-15-11/h1-7H,(H2,15,16,17,18). The molecule has 0 atom stereocenters. The van der Waals surface area contributed by atoms with Crippen LogP contribution in [0.3, 0.4) is 0 Å².